The molecular formula is C37H41KN8O6. The van der Waals surface area contributed by atoms with E-state index in [9.17, 15) is 24.0 Å². The third kappa shape index (κ3) is 9.52. The second-order valence-electron chi connectivity index (χ2n) is 12.5. The van der Waals surface area contributed by atoms with Gasteiger partial charge in [-0.1, -0.05) is 30.3 Å². The van der Waals surface area contributed by atoms with Gasteiger partial charge in [-0.3, -0.25) is 39.2 Å². The largest absolute Gasteiger partial charge is 1.00 e. The van der Waals surface area contributed by atoms with Gasteiger partial charge in [0.1, 0.15) is 6.04 Å². The fourth-order valence-corrected chi connectivity index (χ4v) is 6.43. The van der Waals surface area contributed by atoms with Crippen LogP contribution in [0.1, 0.15) is 56.8 Å². The van der Waals surface area contributed by atoms with Gasteiger partial charge in [-0.05, 0) is 69.4 Å². The minimum absolute atomic E-state index is 0. The summed E-state index contributed by atoms with van der Waals surface area (Å²) in [5.74, 6) is -2.44. The molecule has 2 fully saturated rings. The molecule has 3 aromatic carbocycles. The Bertz CT molecular complexity index is 1810. The molecule has 266 valence electrons. The molecule has 0 aromatic heterocycles. The molecule has 3 aliphatic rings. The molecule has 0 bridgehead atoms. The second kappa shape index (κ2) is 18.7. The van der Waals surface area contributed by atoms with Crippen LogP contribution in [0.2, 0.25) is 0 Å². The molecule has 0 spiro atoms. The van der Waals surface area contributed by atoms with Gasteiger partial charge in [-0.15, -0.1) is 12.2 Å². The van der Waals surface area contributed by atoms with Gasteiger partial charge in [0.25, 0.3) is 17.7 Å². The summed E-state index contributed by atoms with van der Waals surface area (Å²) in [6.07, 6.45) is 2.67. The van der Waals surface area contributed by atoms with Crippen LogP contribution in [0, 0.1) is 0 Å². The first-order chi connectivity index (χ1) is 24.8. The summed E-state index contributed by atoms with van der Waals surface area (Å²) in [6, 6.07) is 16.4. The van der Waals surface area contributed by atoms with Crippen molar-refractivity contribution in [2.45, 2.75) is 31.7 Å². The number of hydrogen-bond acceptors (Lipinski definition) is 10. The molecule has 5 amide bonds. The number of amides is 5. The van der Waals surface area contributed by atoms with Crippen molar-refractivity contribution in [3.63, 3.8) is 0 Å². The normalized spacial score (nSPS) is 16.9. The Morgan fingerprint density at radius 2 is 1.71 bits per heavy atom. The third-order valence-electron chi connectivity index (χ3n) is 9.06. The Balaban J connectivity index is 0.00000523. The minimum atomic E-state index is -1.02. The van der Waals surface area contributed by atoms with Crippen molar-refractivity contribution in [3.05, 3.63) is 82.7 Å². The fraction of sp³-hybridized carbons (Fsp3) is 0.351. The molecule has 52 heavy (non-hydrogen) atoms. The minimum Gasteiger partial charge on any atom is -0.683 e. The van der Waals surface area contributed by atoms with E-state index in [-0.39, 0.29) is 81.3 Å². The van der Waals surface area contributed by atoms with Crippen molar-refractivity contribution in [2.75, 3.05) is 68.4 Å². The number of piperidine rings is 1. The number of anilines is 3. The maximum Gasteiger partial charge on any atom is 1.00 e. The molecule has 14 nitrogen and oxygen atoms in total. The van der Waals surface area contributed by atoms with Gasteiger partial charge in [-0.25, -0.2) is 0 Å². The van der Waals surface area contributed by atoms with E-state index < -0.39 is 29.7 Å². The van der Waals surface area contributed by atoms with Crippen molar-refractivity contribution in [1.82, 2.24) is 15.1 Å². The standard InChI is InChI=1S/C37H42N8O6.K/c1-38-30-23-26(11-12-28(30)40-15-20-44-18-2-3-19-44)42-34(47)24-7-9-25(10-8-24)39-16-21-51-22-17-41-29-6-4-5-27-33(29)37(50)45(36(27)49)31-13-14-32(46)43-35(31)48;/h4-12,23,31H,1-3,13-22H2,(H5,39,40,41,42,43,46,47,48,49,50);/q;+1/p-1. The van der Waals surface area contributed by atoms with E-state index in [2.05, 4.69) is 43.2 Å². The number of nitrogens with zero attached hydrogens (tertiary/aromatic N) is 4. The van der Waals surface area contributed by atoms with E-state index in [4.69, 9.17) is 4.74 Å². The summed E-state index contributed by atoms with van der Waals surface area (Å²) in [5, 5.41) is 16.2. The maximum absolute atomic E-state index is 13.2. The molecule has 3 aliphatic heterocycles. The second-order valence-corrected chi connectivity index (χ2v) is 12.5. The molecule has 4 N–H and O–H groups in total. The van der Waals surface area contributed by atoms with Gasteiger partial charge in [0.15, 0.2) is 0 Å². The van der Waals surface area contributed by atoms with E-state index in [0.29, 0.717) is 54.6 Å². The van der Waals surface area contributed by atoms with Crippen LogP contribution < -0.4 is 72.7 Å². The zero-order chi connectivity index (χ0) is 35.7. The van der Waals surface area contributed by atoms with Crippen LogP contribution in [-0.4, -0.2) is 105 Å². The van der Waals surface area contributed by atoms with Gasteiger partial charge in [0.2, 0.25) is 11.8 Å². The van der Waals surface area contributed by atoms with Crippen LogP contribution in [0.15, 0.2) is 65.7 Å². The predicted octanol–water partition coefficient (Wildman–Crippen LogP) is 1.32. The summed E-state index contributed by atoms with van der Waals surface area (Å²) in [6.45, 7) is 9.19. The average molecular weight is 733 g/mol. The number of ether oxygens (including phenoxy) is 1. The molecule has 3 aromatic rings. The van der Waals surface area contributed by atoms with E-state index in [1.54, 1.807) is 48.5 Å². The first-order valence-electron chi connectivity index (χ1n) is 17.1. The molecule has 0 radical (unpaired) electrons. The van der Waals surface area contributed by atoms with E-state index in [1.165, 1.54) is 12.8 Å². The third-order valence-corrected chi connectivity index (χ3v) is 9.06. The summed E-state index contributed by atoms with van der Waals surface area (Å²) >= 11 is 0. The number of rotatable bonds is 16. The molecular weight excluding hydrogens is 692 g/mol. The predicted molar refractivity (Wildman–Crippen MR) is 195 cm³/mol. The summed E-state index contributed by atoms with van der Waals surface area (Å²) in [5.41, 5.74) is 4.25. The SMILES string of the molecule is C=Nc1cc(NC(=O)c2ccc([N-]CCOCCNc3cccc4c3C(=O)N(C3CCC(=O)NC3=O)C4=O)cc2)ccc1NCCN1CCCC1.[K+]. The first-order valence-corrected chi connectivity index (χ1v) is 17.1. The van der Waals surface area contributed by atoms with Crippen LogP contribution in [0.25, 0.3) is 5.32 Å². The Kier molecular flexibility index (Phi) is 14.1. The Hall–Kier alpha value is -3.96. The van der Waals surface area contributed by atoms with Crippen molar-refractivity contribution < 1.29 is 80.1 Å². The van der Waals surface area contributed by atoms with Gasteiger partial charge < -0.3 is 30.9 Å². The monoisotopic (exact) mass is 732 g/mol. The number of imide groups is 2. The molecule has 1 atom stereocenters. The Morgan fingerprint density at radius 1 is 0.942 bits per heavy atom. The van der Waals surface area contributed by atoms with Crippen molar-refractivity contribution in [3.8, 4) is 0 Å². The number of benzene rings is 3. The van der Waals surface area contributed by atoms with Crippen LogP contribution in [0.4, 0.5) is 28.4 Å². The number of carbonyl (C=O) groups excluding carboxylic acids is 5. The zero-order valence-electron chi connectivity index (χ0n) is 29.3. The van der Waals surface area contributed by atoms with Crippen LogP contribution in [0.3, 0.4) is 0 Å². The van der Waals surface area contributed by atoms with Crippen molar-refractivity contribution in [1.29, 1.82) is 0 Å². The molecule has 3 heterocycles. The van der Waals surface area contributed by atoms with Gasteiger partial charge in [-0.2, -0.15) is 0 Å². The van der Waals surface area contributed by atoms with Crippen molar-refractivity contribution in [2.24, 2.45) is 4.99 Å². The summed E-state index contributed by atoms with van der Waals surface area (Å²) in [4.78, 5) is 70.5. The smallest absolute Gasteiger partial charge is 0.683 e. The number of fused-ring (bicyclic) bond motifs is 1. The van der Waals surface area contributed by atoms with Crippen LogP contribution >= 0.6 is 0 Å². The molecule has 6 rings (SSSR count). The molecule has 15 heteroatoms. The summed E-state index contributed by atoms with van der Waals surface area (Å²) in [7, 11) is 0. The number of likely N-dealkylation sites (tertiary alicyclic amines) is 1. The average Bonchev–Trinajstić information content (AvgIpc) is 3.74. The van der Waals surface area contributed by atoms with E-state index >= 15 is 0 Å². The molecule has 0 aliphatic carbocycles. The Morgan fingerprint density at radius 3 is 2.46 bits per heavy atom. The van der Waals surface area contributed by atoms with Gasteiger partial charge >= 0.3 is 51.4 Å². The van der Waals surface area contributed by atoms with Crippen LogP contribution in [0.5, 0.6) is 0 Å². The number of aliphatic imine (C=N–C) groups is 1. The van der Waals surface area contributed by atoms with Crippen molar-refractivity contribution >= 4 is 64.7 Å². The Labute approximate surface area is 344 Å². The maximum atomic E-state index is 13.2. The molecule has 2 saturated heterocycles. The molecule has 0 saturated carbocycles. The quantitative estimate of drug-likeness (QED) is 0.0733. The van der Waals surface area contributed by atoms with E-state index in [1.807, 2.05) is 12.1 Å². The number of nitrogens with one attached hydrogen (secondary N) is 4. The topological polar surface area (TPSA) is 176 Å². The first kappa shape index (κ1) is 39.2. The van der Waals surface area contributed by atoms with Gasteiger partial charge in [0, 0.05) is 49.6 Å². The zero-order valence-corrected chi connectivity index (χ0v) is 32.4. The van der Waals surface area contributed by atoms with Gasteiger partial charge in [0.05, 0.1) is 29.1 Å². The van der Waals surface area contributed by atoms with Crippen LogP contribution in [-0.2, 0) is 14.3 Å². The van der Waals surface area contributed by atoms with E-state index in [0.717, 1.165) is 36.8 Å². The number of carbonyl (C=O) groups is 5. The fourth-order valence-electron chi connectivity index (χ4n) is 6.43. The number of hydrogen-bond donors (Lipinski definition) is 4. The summed E-state index contributed by atoms with van der Waals surface area (Å²) < 4.78 is 5.70. The molecule has 1 unspecified atom stereocenters.